The number of amides is 1. The molecular formula is C19H18F3NO3. The number of carbonyl (C=O) groups is 2. The van der Waals surface area contributed by atoms with E-state index in [-0.39, 0.29) is 18.0 Å². The van der Waals surface area contributed by atoms with Crippen LogP contribution < -0.4 is 5.32 Å². The second-order valence-electron chi connectivity index (χ2n) is 5.80. The standard InChI is InChI=1S/C19H18F3NO3/c1-13(14-6-3-2-4-7-14)10-18(25)26-12-17(24)23-16-9-5-8-15(11-16)19(20,21)22/h2-9,11,13H,10,12H2,1H3,(H,23,24)/t13-/m1/s1. The Balaban J connectivity index is 1.82. The fraction of sp³-hybridized carbons (Fsp3) is 0.263. The molecule has 0 aliphatic carbocycles. The highest BCUT2D eigenvalue weighted by Gasteiger charge is 2.30. The molecule has 0 heterocycles. The minimum absolute atomic E-state index is 0.0153. The zero-order chi connectivity index (χ0) is 19.2. The van der Waals surface area contributed by atoms with Gasteiger partial charge in [-0.1, -0.05) is 43.3 Å². The maximum atomic E-state index is 12.6. The minimum Gasteiger partial charge on any atom is -0.456 e. The summed E-state index contributed by atoms with van der Waals surface area (Å²) in [6.07, 6.45) is -4.40. The van der Waals surface area contributed by atoms with Crippen molar-refractivity contribution in [2.75, 3.05) is 11.9 Å². The molecule has 1 atom stereocenters. The second-order valence-corrected chi connectivity index (χ2v) is 5.80. The van der Waals surface area contributed by atoms with Crippen molar-refractivity contribution >= 4 is 17.6 Å². The van der Waals surface area contributed by atoms with Gasteiger partial charge in [-0.3, -0.25) is 9.59 Å². The third-order valence-electron chi connectivity index (χ3n) is 3.68. The molecule has 2 rings (SSSR count). The molecule has 0 aliphatic heterocycles. The summed E-state index contributed by atoms with van der Waals surface area (Å²) in [6.45, 7) is 1.30. The number of hydrogen-bond acceptors (Lipinski definition) is 3. The SMILES string of the molecule is C[C@H](CC(=O)OCC(=O)Nc1cccc(C(F)(F)F)c1)c1ccccc1. The molecule has 0 bridgehead atoms. The maximum Gasteiger partial charge on any atom is 0.416 e. The molecular weight excluding hydrogens is 347 g/mol. The van der Waals surface area contributed by atoms with Gasteiger partial charge in [0.05, 0.1) is 12.0 Å². The van der Waals surface area contributed by atoms with Crippen LogP contribution in [0.5, 0.6) is 0 Å². The molecule has 0 unspecified atom stereocenters. The fourth-order valence-corrected chi connectivity index (χ4v) is 2.32. The van der Waals surface area contributed by atoms with E-state index in [2.05, 4.69) is 5.32 Å². The largest absolute Gasteiger partial charge is 0.456 e. The van der Waals surface area contributed by atoms with Crippen molar-refractivity contribution in [2.24, 2.45) is 0 Å². The predicted octanol–water partition coefficient (Wildman–Crippen LogP) is 4.38. The summed E-state index contributed by atoms with van der Waals surface area (Å²) in [4.78, 5) is 23.6. The number of alkyl halides is 3. The van der Waals surface area contributed by atoms with Crippen LogP contribution in [0.1, 0.15) is 30.4 Å². The molecule has 2 aromatic rings. The normalized spacial score (nSPS) is 12.3. The van der Waals surface area contributed by atoms with E-state index in [9.17, 15) is 22.8 Å². The van der Waals surface area contributed by atoms with Gasteiger partial charge in [-0.15, -0.1) is 0 Å². The topological polar surface area (TPSA) is 55.4 Å². The van der Waals surface area contributed by atoms with E-state index < -0.39 is 30.2 Å². The number of carbonyl (C=O) groups excluding carboxylic acids is 2. The highest BCUT2D eigenvalue weighted by Crippen LogP contribution is 2.30. The van der Waals surface area contributed by atoms with E-state index in [1.54, 1.807) is 0 Å². The first kappa shape index (κ1) is 19.5. The highest BCUT2D eigenvalue weighted by molar-refractivity contribution is 5.92. The molecule has 26 heavy (non-hydrogen) atoms. The molecule has 0 saturated carbocycles. The summed E-state index contributed by atoms with van der Waals surface area (Å²) in [7, 11) is 0. The number of nitrogens with one attached hydrogen (secondary N) is 1. The van der Waals surface area contributed by atoms with E-state index in [4.69, 9.17) is 4.74 Å². The number of esters is 1. The Bertz CT molecular complexity index is 760. The van der Waals surface area contributed by atoms with Gasteiger partial charge in [0, 0.05) is 5.69 Å². The zero-order valence-electron chi connectivity index (χ0n) is 14.0. The summed E-state index contributed by atoms with van der Waals surface area (Å²) >= 11 is 0. The van der Waals surface area contributed by atoms with Crippen molar-refractivity contribution in [3.8, 4) is 0 Å². The summed E-state index contributed by atoms with van der Waals surface area (Å²) in [5.41, 5.74) is 0.0837. The predicted molar refractivity (Wildman–Crippen MR) is 90.5 cm³/mol. The first-order valence-corrected chi connectivity index (χ1v) is 7.93. The third kappa shape index (κ3) is 5.91. The molecule has 0 saturated heterocycles. The van der Waals surface area contributed by atoms with E-state index >= 15 is 0 Å². The van der Waals surface area contributed by atoms with Crippen LogP contribution in [-0.2, 0) is 20.5 Å². The number of halogens is 3. The molecule has 1 amide bonds. The van der Waals surface area contributed by atoms with Gasteiger partial charge in [-0.05, 0) is 29.7 Å². The summed E-state index contributed by atoms with van der Waals surface area (Å²) < 4.78 is 42.8. The Kier molecular flexibility index (Phi) is 6.38. The van der Waals surface area contributed by atoms with Crippen LogP contribution >= 0.6 is 0 Å². The van der Waals surface area contributed by atoms with Gasteiger partial charge in [0.25, 0.3) is 5.91 Å². The Labute approximate surface area is 149 Å². The van der Waals surface area contributed by atoms with Gasteiger partial charge in [0.15, 0.2) is 6.61 Å². The smallest absolute Gasteiger partial charge is 0.416 e. The van der Waals surface area contributed by atoms with Gasteiger partial charge < -0.3 is 10.1 Å². The van der Waals surface area contributed by atoms with Crippen LogP contribution in [-0.4, -0.2) is 18.5 Å². The quantitative estimate of drug-likeness (QED) is 0.773. The molecule has 7 heteroatoms. The van der Waals surface area contributed by atoms with Crippen LogP contribution in [0, 0.1) is 0 Å². The minimum atomic E-state index is -4.50. The first-order chi connectivity index (χ1) is 12.3. The lowest BCUT2D eigenvalue weighted by Crippen LogP contribution is -2.21. The van der Waals surface area contributed by atoms with Crippen molar-refractivity contribution in [3.05, 3.63) is 65.7 Å². The van der Waals surface area contributed by atoms with E-state index in [1.807, 2.05) is 37.3 Å². The second kappa shape index (κ2) is 8.51. The Morgan fingerprint density at radius 1 is 1.08 bits per heavy atom. The molecule has 0 aliphatic rings. The van der Waals surface area contributed by atoms with Gasteiger partial charge in [0.2, 0.25) is 0 Å². The maximum absolute atomic E-state index is 12.6. The first-order valence-electron chi connectivity index (χ1n) is 7.93. The molecule has 1 N–H and O–H groups in total. The highest BCUT2D eigenvalue weighted by atomic mass is 19.4. The van der Waals surface area contributed by atoms with Crippen LogP contribution in [0.4, 0.5) is 18.9 Å². The lowest BCUT2D eigenvalue weighted by atomic mass is 9.98. The van der Waals surface area contributed by atoms with Gasteiger partial charge in [-0.25, -0.2) is 0 Å². The van der Waals surface area contributed by atoms with Gasteiger partial charge >= 0.3 is 12.1 Å². The summed E-state index contributed by atoms with van der Waals surface area (Å²) in [5, 5.41) is 2.28. The number of hydrogen-bond donors (Lipinski definition) is 1. The summed E-state index contributed by atoms with van der Waals surface area (Å²) in [5.74, 6) is -1.33. The van der Waals surface area contributed by atoms with Crippen LogP contribution in [0.25, 0.3) is 0 Å². The van der Waals surface area contributed by atoms with E-state index in [1.165, 1.54) is 12.1 Å². The van der Waals surface area contributed by atoms with Crippen LogP contribution in [0.3, 0.4) is 0 Å². The lowest BCUT2D eigenvalue weighted by molar-refractivity contribution is -0.147. The zero-order valence-corrected chi connectivity index (χ0v) is 14.0. The molecule has 138 valence electrons. The fourth-order valence-electron chi connectivity index (χ4n) is 2.32. The number of ether oxygens (including phenoxy) is 1. The van der Waals surface area contributed by atoms with Crippen LogP contribution in [0.2, 0.25) is 0 Å². The molecule has 0 fully saturated rings. The van der Waals surface area contributed by atoms with E-state index in [0.29, 0.717) is 0 Å². The van der Waals surface area contributed by atoms with Crippen LogP contribution in [0.15, 0.2) is 54.6 Å². The Morgan fingerprint density at radius 2 is 1.77 bits per heavy atom. The Hall–Kier alpha value is -2.83. The number of anilines is 1. The third-order valence-corrected chi connectivity index (χ3v) is 3.68. The molecule has 0 aromatic heterocycles. The van der Waals surface area contributed by atoms with Crippen molar-refractivity contribution in [1.82, 2.24) is 0 Å². The van der Waals surface area contributed by atoms with Crippen molar-refractivity contribution in [1.29, 1.82) is 0 Å². The lowest BCUT2D eigenvalue weighted by Gasteiger charge is -2.12. The van der Waals surface area contributed by atoms with E-state index in [0.717, 1.165) is 17.7 Å². The molecule has 0 spiro atoms. The molecule has 0 radical (unpaired) electrons. The van der Waals surface area contributed by atoms with Crippen molar-refractivity contribution in [2.45, 2.75) is 25.4 Å². The molecule has 2 aromatic carbocycles. The molecule has 4 nitrogen and oxygen atoms in total. The summed E-state index contributed by atoms with van der Waals surface area (Å²) in [6, 6.07) is 13.6. The monoisotopic (exact) mass is 365 g/mol. The van der Waals surface area contributed by atoms with Gasteiger partial charge in [0.1, 0.15) is 0 Å². The average molecular weight is 365 g/mol. The Morgan fingerprint density at radius 3 is 2.42 bits per heavy atom. The number of rotatable bonds is 6. The van der Waals surface area contributed by atoms with Gasteiger partial charge in [-0.2, -0.15) is 13.2 Å². The average Bonchev–Trinajstić information content (AvgIpc) is 2.60. The number of benzene rings is 2. The van der Waals surface area contributed by atoms with Crippen molar-refractivity contribution < 1.29 is 27.5 Å². The van der Waals surface area contributed by atoms with Crippen molar-refractivity contribution in [3.63, 3.8) is 0 Å².